The first-order valence-electron chi connectivity index (χ1n) is 8.00. The second kappa shape index (κ2) is 9.28. The molecule has 0 bridgehead atoms. The van der Waals surface area contributed by atoms with E-state index >= 15 is 0 Å². The molecule has 3 rings (SSSR count). The van der Waals surface area contributed by atoms with Crippen molar-refractivity contribution in [2.45, 2.75) is 18.5 Å². The smallest absolute Gasteiger partial charge is 0.326 e. The molecule has 1 amide bonds. The van der Waals surface area contributed by atoms with Crippen molar-refractivity contribution in [3.63, 3.8) is 0 Å². The number of carbonyl (C=O) groups excluding carboxylic acids is 1. The lowest BCUT2D eigenvalue weighted by molar-refractivity contribution is -0.138. The number of nitrogens with one attached hydrogen (secondary N) is 3. The maximum Gasteiger partial charge on any atom is 0.326 e. The monoisotopic (exact) mass is 429 g/mol. The van der Waals surface area contributed by atoms with Gasteiger partial charge in [0, 0.05) is 33.0 Å². The van der Waals surface area contributed by atoms with Crippen LogP contribution in [0.25, 0.3) is 0 Å². The van der Waals surface area contributed by atoms with E-state index in [2.05, 4.69) is 16.0 Å². The Morgan fingerprint density at radius 1 is 1.19 bits per heavy atom. The predicted octanol–water partition coefficient (Wildman–Crippen LogP) is 3.95. The molecule has 0 fully saturated rings. The molecule has 1 aliphatic rings. The van der Waals surface area contributed by atoms with Gasteiger partial charge in [-0.25, -0.2) is 4.79 Å². The molecule has 144 valence electrons. The average Bonchev–Trinajstić information content (AvgIpc) is 2.59. The zero-order valence-electron chi connectivity index (χ0n) is 14.0. The number of amides is 1. The molecule has 0 saturated heterocycles. The van der Waals surface area contributed by atoms with E-state index in [1.54, 1.807) is 24.3 Å². The molecule has 0 spiro atoms. The van der Waals surface area contributed by atoms with Gasteiger partial charge in [0.1, 0.15) is 6.04 Å². The molecule has 0 radical (unpaired) electrons. The van der Waals surface area contributed by atoms with Crippen LogP contribution in [0.2, 0.25) is 10.0 Å². The first kappa shape index (κ1) is 21.3. The summed E-state index contributed by atoms with van der Waals surface area (Å²) in [6.45, 7) is 0.0182. The van der Waals surface area contributed by atoms with Crippen LogP contribution in [0.1, 0.15) is 18.0 Å². The quantitative estimate of drug-likeness (QED) is 0.576. The third-order valence-electron chi connectivity index (χ3n) is 4.11. The van der Waals surface area contributed by atoms with Crippen LogP contribution in [-0.4, -0.2) is 29.6 Å². The Morgan fingerprint density at radius 3 is 2.56 bits per heavy atom. The number of anilines is 2. The Morgan fingerprint density at radius 2 is 1.89 bits per heavy atom. The topological polar surface area (TPSA) is 90.5 Å². The molecule has 1 heterocycles. The lowest BCUT2D eigenvalue weighted by Crippen LogP contribution is -2.41. The Labute approximate surface area is 172 Å². The molecule has 0 aliphatic carbocycles. The molecular formula is C18H18Cl3N3O3. The Balaban J connectivity index is 0.00000261. The van der Waals surface area contributed by atoms with Gasteiger partial charge < -0.3 is 21.1 Å². The number of carbonyl (C=O) groups is 2. The van der Waals surface area contributed by atoms with Gasteiger partial charge in [0.05, 0.1) is 6.54 Å². The van der Waals surface area contributed by atoms with Gasteiger partial charge in [0.25, 0.3) is 0 Å². The number of fused-ring (bicyclic) bond motifs is 1. The van der Waals surface area contributed by atoms with Gasteiger partial charge in [-0.1, -0.05) is 41.4 Å². The van der Waals surface area contributed by atoms with Crippen molar-refractivity contribution in [2.24, 2.45) is 0 Å². The van der Waals surface area contributed by atoms with Crippen LogP contribution in [0.3, 0.4) is 0 Å². The molecule has 6 nitrogen and oxygen atoms in total. The van der Waals surface area contributed by atoms with E-state index in [1.807, 2.05) is 18.2 Å². The van der Waals surface area contributed by atoms with E-state index in [0.717, 1.165) is 0 Å². The summed E-state index contributed by atoms with van der Waals surface area (Å²) in [7, 11) is 0. The third-order valence-corrected chi connectivity index (χ3v) is 4.64. The maximum absolute atomic E-state index is 12.2. The fourth-order valence-corrected chi connectivity index (χ4v) is 3.57. The van der Waals surface area contributed by atoms with Gasteiger partial charge in [-0.15, -0.1) is 12.4 Å². The van der Waals surface area contributed by atoms with Crippen molar-refractivity contribution < 1.29 is 14.7 Å². The number of hydrogen-bond acceptors (Lipinski definition) is 4. The van der Waals surface area contributed by atoms with E-state index in [0.29, 0.717) is 27.0 Å². The van der Waals surface area contributed by atoms with Crippen molar-refractivity contribution in [2.75, 3.05) is 17.2 Å². The summed E-state index contributed by atoms with van der Waals surface area (Å²) in [6, 6.07) is 11.1. The highest BCUT2D eigenvalue weighted by molar-refractivity contribution is 6.35. The van der Waals surface area contributed by atoms with E-state index < -0.39 is 18.1 Å². The molecule has 0 saturated carbocycles. The molecule has 2 aromatic rings. The number of hydrogen-bond donors (Lipinski definition) is 4. The van der Waals surface area contributed by atoms with Crippen molar-refractivity contribution in [3.05, 3.63) is 58.1 Å². The summed E-state index contributed by atoms with van der Waals surface area (Å²) in [5, 5.41) is 19.0. The maximum atomic E-state index is 12.2. The molecule has 4 N–H and O–H groups in total. The van der Waals surface area contributed by atoms with Crippen LogP contribution in [0, 0.1) is 0 Å². The highest BCUT2D eigenvalue weighted by Gasteiger charge is 2.32. The molecule has 0 unspecified atom stereocenters. The first-order valence-corrected chi connectivity index (χ1v) is 8.76. The van der Waals surface area contributed by atoms with Crippen LogP contribution in [0.15, 0.2) is 42.5 Å². The minimum atomic E-state index is -0.979. The number of halogens is 3. The van der Waals surface area contributed by atoms with Gasteiger partial charge >= 0.3 is 5.97 Å². The van der Waals surface area contributed by atoms with Gasteiger partial charge in [0.15, 0.2) is 0 Å². The zero-order chi connectivity index (χ0) is 18.7. The molecule has 27 heavy (non-hydrogen) atoms. The van der Waals surface area contributed by atoms with Crippen molar-refractivity contribution in [1.82, 2.24) is 5.32 Å². The largest absolute Gasteiger partial charge is 0.480 e. The van der Waals surface area contributed by atoms with Crippen LogP contribution in [-0.2, 0) is 9.59 Å². The minimum absolute atomic E-state index is 0. The Bertz CT molecular complexity index is 833. The van der Waals surface area contributed by atoms with Gasteiger partial charge in [-0.2, -0.15) is 0 Å². The zero-order valence-corrected chi connectivity index (χ0v) is 16.4. The lowest BCUT2D eigenvalue weighted by atomic mass is 9.92. The second-order valence-electron chi connectivity index (χ2n) is 5.97. The summed E-state index contributed by atoms with van der Waals surface area (Å²) in [5.74, 6) is -1.21. The first-order chi connectivity index (χ1) is 12.4. The summed E-state index contributed by atoms with van der Waals surface area (Å²) in [5.41, 5.74) is 1.96. The van der Waals surface area contributed by atoms with Crippen LogP contribution in [0.5, 0.6) is 0 Å². The average molecular weight is 431 g/mol. The summed E-state index contributed by atoms with van der Waals surface area (Å²) < 4.78 is 0. The third kappa shape index (κ3) is 5.26. The SMILES string of the molecule is Cl.O=C(CN[C@H]1C[C@H](C(=O)O)Nc2cc(Cl)cc(Cl)c21)Nc1ccccc1. The Kier molecular flexibility index (Phi) is 7.33. The number of rotatable bonds is 5. The molecule has 2 atom stereocenters. The van der Waals surface area contributed by atoms with Crippen LogP contribution in [0.4, 0.5) is 11.4 Å². The van der Waals surface area contributed by atoms with Crippen molar-refractivity contribution in [3.8, 4) is 0 Å². The van der Waals surface area contributed by atoms with Crippen LogP contribution >= 0.6 is 35.6 Å². The number of carboxylic acids is 1. The summed E-state index contributed by atoms with van der Waals surface area (Å²) >= 11 is 12.3. The molecule has 0 aromatic heterocycles. The highest BCUT2D eigenvalue weighted by Crippen LogP contribution is 2.39. The minimum Gasteiger partial charge on any atom is -0.480 e. The number of aliphatic carboxylic acids is 1. The number of carboxylic acid groups (broad SMARTS) is 1. The van der Waals surface area contributed by atoms with E-state index in [4.69, 9.17) is 23.2 Å². The highest BCUT2D eigenvalue weighted by atomic mass is 35.5. The van der Waals surface area contributed by atoms with Crippen molar-refractivity contribution in [1.29, 1.82) is 0 Å². The van der Waals surface area contributed by atoms with Gasteiger partial charge in [-0.3, -0.25) is 4.79 Å². The fourth-order valence-electron chi connectivity index (χ4n) is 2.95. The van der Waals surface area contributed by atoms with Gasteiger partial charge in [0.2, 0.25) is 5.91 Å². The normalized spacial score (nSPS) is 17.9. The summed E-state index contributed by atoms with van der Waals surface area (Å²) in [4.78, 5) is 23.6. The summed E-state index contributed by atoms with van der Waals surface area (Å²) in [6.07, 6.45) is 0.252. The molecule has 1 aliphatic heterocycles. The fraction of sp³-hybridized carbons (Fsp3) is 0.222. The lowest BCUT2D eigenvalue weighted by Gasteiger charge is -2.32. The standard InChI is InChI=1S/C18H17Cl2N3O3.ClH/c19-10-6-12(20)17-13(8-15(18(25)26)23-14(17)7-10)21-9-16(24)22-11-4-2-1-3-5-11;/h1-7,13,15,21,23H,8-9H2,(H,22,24)(H,25,26);1H/t13-,15+;/m0./s1. The van der Waals surface area contributed by atoms with Crippen LogP contribution < -0.4 is 16.0 Å². The molecule has 9 heteroatoms. The van der Waals surface area contributed by atoms with E-state index in [9.17, 15) is 14.7 Å². The van der Waals surface area contributed by atoms with Gasteiger partial charge in [-0.05, 0) is 30.7 Å². The van der Waals surface area contributed by atoms with E-state index in [-0.39, 0.29) is 31.3 Å². The predicted molar refractivity (Wildman–Crippen MR) is 109 cm³/mol. The second-order valence-corrected chi connectivity index (χ2v) is 6.81. The van der Waals surface area contributed by atoms with Crippen molar-refractivity contribution >= 4 is 58.9 Å². The van der Waals surface area contributed by atoms with E-state index in [1.165, 1.54) is 0 Å². The molecular weight excluding hydrogens is 413 g/mol. The number of para-hydroxylation sites is 1. The number of benzene rings is 2. The molecule has 2 aromatic carbocycles. The Hall–Kier alpha value is -1.99.